The summed E-state index contributed by atoms with van der Waals surface area (Å²) in [5.41, 5.74) is 1.44. The van der Waals surface area contributed by atoms with E-state index in [1.54, 1.807) is 12.1 Å². The second-order valence-electron chi connectivity index (χ2n) is 6.24. The van der Waals surface area contributed by atoms with Crippen molar-refractivity contribution in [3.63, 3.8) is 0 Å². The topological polar surface area (TPSA) is 82.6 Å². The van der Waals surface area contributed by atoms with Crippen LogP contribution in [0.3, 0.4) is 0 Å². The maximum Gasteiger partial charge on any atom is 0.257 e. The number of carbonyl (C=O) groups excluding carboxylic acids is 1. The minimum absolute atomic E-state index is 0.334. The van der Waals surface area contributed by atoms with Gasteiger partial charge in [0.15, 0.2) is 11.5 Å². The van der Waals surface area contributed by atoms with Gasteiger partial charge in [-0.1, -0.05) is 47.7 Å². The third kappa shape index (κ3) is 6.05. The number of rotatable bonds is 10. The summed E-state index contributed by atoms with van der Waals surface area (Å²) in [5, 5.41) is 12.0. The normalized spacial score (nSPS) is 10.8. The lowest BCUT2D eigenvalue weighted by molar-refractivity contribution is 0.102. The highest BCUT2D eigenvalue weighted by Crippen LogP contribution is 2.39. The van der Waals surface area contributed by atoms with E-state index in [1.807, 2.05) is 63.3 Å². The monoisotopic (exact) mass is 439 g/mol. The Labute approximate surface area is 185 Å². The minimum Gasteiger partial charge on any atom is -0.490 e. The Bertz CT molecular complexity index is 1010. The fraction of sp³-hybridized carbons (Fsp3) is 0.261. The molecule has 2 aromatic carbocycles. The van der Waals surface area contributed by atoms with E-state index in [0.717, 1.165) is 5.56 Å². The van der Waals surface area contributed by atoms with Crippen molar-refractivity contribution in [3.05, 3.63) is 58.6 Å². The molecule has 0 aliphatic heterocycles. The van der Waals surface area contributed by atoms with E-state index in [9.17, 15) is 4.79 Å². The summed E-state index contributed by atoms with van der Waals surface area (Å²) in [6.45, 7) is 6.94. The molecule has 7 nitrogen and oxygen atoms in total. The fourth-order valence-electron chi connectivity index (χ4n) is 2.77. The number of nitrogens with one attached hydrogen (secondary N) is 1. The number of ether oxygens (including phenoxy) is 3. The van der Waals surface area contributed by atoms with Crippen molar-refractivity contribution in [1.82, 2.24) is 10.2 Å². The van der Waals surface area contributed by atoms with Gasteiger partial charge in [-0.25, -0.2) is 0 Å². The van der Waals surface area contributed by atoms with Gasteiger partial charge in [-0.05, 0) is 44.5 Å². The molecular weight excluding hydrogens is 414 g/mol. The average molecular weight is 440 g/mol. The Kier molecular flexibility index (Phi) is 8.00. The summed E-state index contributed by atoms with van der Waals surface area (Å²) in [6.07, 6.45) is 3.81. The lowest BCUT2D eigenvalue weighted by atomic mass is 10.1. The number of anilines is 1. The molecule has 0 atom stereocenters. The summed E-state index contributed by atoms with van der Waals surface area (Å²) >= 11 is 1.29. The number of aromatic nitrogens is 2. The first kappa shape index (κ1) is 22.3. The van der Waals surface area contributed by atoms with E-state index in [1.165, 1.54) is 11.3 Å². The van der Waals surface area contributed by atoms with Crippen LogP contribution >= 0.6 is 11.3 Å². The van der Waals surface area contributed by atoms with Crippen molar-refractivity contribution in [2.45, 2.75) is 20.8 Å². The fourth-order valence-corrected chi connectivity index (χ4v) is 3.41. The lowest BCUT2D eigenvalue weighted by Gasteiger charge is -2.16. The zero-order valence-corrected chi connectivity index (χ0v) is 18.6. The Morgan fingerprint density at radius 3 is 2.19 bits per heavy atom. The van der Waals surface area contributed by atoms with E-state index >= 15 is 0 Å². The standard InChI is InChI=1S/C23H25N3O4S/c1-4-28-18-14-17(15-19(29-5-2)21(18)30-6-3)22(27)24-23-26-25-20(31-23)13-12-16-10-8-7-9-11-16/h7-15H,4-6H2,1-3H3,(H,24,26,27). The molecule has 1 amide bonds. The molecule has 31 heavy (non-hydrogen) atoms. The van der Waals surface area contributed by atoms with Gasteiger partial charge in [0.1, 0.15) is 5.01 Å². The molecule has 162 valence electrons. The Balaban J connectivity index is 1.78. The van der Waals surface area contributed by atoms with E-state index in [0.29, 0.717) is 52.8 Å². The molecule has 1 N–H and O–H groups in total. The molecular formula is C23H25N3O4S. The van der Waals surface area contributed by atoms with Crippen LogP contribution in [0.25, 0.3) is 12.2 Å². The van der Waals surface area contributed by atoms with Crippen LogP contribution in [0, 0.1) is 0 Å². The van der Waals surface area contributed by atoms with Gasteiger partial charge in [-0.2, -0.15) is 0 Å². The molecule has 8 heteroatoms. The zero-order valence-electron chi connectivity index (χ0n) is 17.8. The highest BCUT2D eigenvalue weighted by Gasteiger charge is 2.19. The first-order valence-corrected chi connectivity index (χ1v) is 10.9. The minimum atomic E-state index is -0.334. The molecule has 0 radical (unpaired) electrons. The van der Waals surface area contributed by atoms with Crippen molar-refractivity contribution in [1.29, 1.82) is 0 Å². The first-order valence-electron chi connectivity index (χ1n) is 10.1. The molecule has 1 aromatic heterocycles. The molecule has 3 aromatic rings. The van der Waals surface area contributed by atoms with Gasteiger partial charge in [0.25, 0.3) is 5.91 Å². The van der Waals surface area contributed by atoms with E-state index in [4.69, 9.17) is 14.2 Å². The molecule has 0 saturated heterocycles. The van der Waals surface area contributed by atoms with Crippen LogP contribution in [0.2, 0.25) is 0 Å². The molecule has 0 aliphatic rings. The van der Waals surface area contributed by atoms with Crippen LogP contribution in [0.5, 0.6) is 17.2 Å². The second-order valence-corrected chi connectivity index (χ2v) is 7.25. The first-order chi connectivity index (χ1) is 15.1. The molecule has 0 aliphatic carbocycles. The quantitative estimate of drug-likeness (QED) is 0.470. The van der Waals surface area contributed by atoms with Crippen LogP contribution in [0.4, 0.5) is 5.13 Å². The SMILES string of the molecule is CCOc1cc(C(=O)Nc2nnc(C=Cc3ccccc3)s2)cc(OCC)c1OCC. The van der Waals surface area contributed by atoms with Crippen LogP contribution in [0.15, 0.2) is 42.5 Å². The van der Waals surface area contributed by atoms with Crippen LogP contribution in [-0.4, -0.2) is 35.9 Å². The van der Waals surface area contributed by atoms with Gasteiger partial charge in [0, 0.05) is 5.56 Å². The molecule has 0 fully saturated rings. The van der Waals surface area contributed by atoms with Crippen molar-refractivity contribution < 1.29 is 19.0 Å². The van der Waals surface area contributed by atoms with Gasteiger partial charge in [0.05, 0.1) is 19.8 Å². The van der Waals surface area contributed by atoms with Crippen molar-refractivity contribution in [2.24, 2.45) is 0 Å². The molecule has 0 saturated carbocycles. The second kappa shape index (κ2) is 11.1. The molecule has 0 unspecified atom stereocenters. The summed E-state index contributed by atoms with van der Waals surface area (Å²) in [5.74, 6) is 1.08. The van der Waals surface area contributed by atoms with Crippen LogP contribution in [0.1, 0.15) is 41.7 Å². The van der Waals surface area contributed by atoms with Gasteiger partial charge >= 0.3 is 0 Å². The average Bonchev–Trinajstić information content (AvgIpc) is 3.22. The third-order valence-electron chi connectivity index (χ3n) is 4.05. The Morgan fingerprint density at radius 2 is 1.58 bits per heavy atom. The maximum absolute atomic E-state index is 12.8. The van der Waals surface area contributed by atoms with Gasteiger partial charge < -0.3 is 14.2 Å². The lowest BCUT2D eigenvalue weighted by Crippen LogP contribution is -2.13. The Morgan fingerprint density at radius 1 is 0.935 bits per heavy atom. The highest BCUT2D eigenvalue weighted by atomic mass is 32.1. The number of carbonyl (C=O) groups is 1. The summed E-state index contributed by atoms with van der Waals surface area (Å²) in [6, 6.07) is 13.2. The predicted molar refractivity (Wildman–Crippen MR) is 123 cm³/mol. The molecule has 1 heterocycles. The summed E-state index contributed by atoms with van der Waals surface area (Å²) in [7, 11) is 0. The van der Waals surface area contributed by atoms with Crippen molar-refractivity contribution in [3.8, 4) is 17.2 Å². The molecule has 3 rings (SSSR count). The number of nitrogens with zero attached hydrogens (tertiary/aromatic N) is 2. The van der Waals surface area contributed by atoms with Gasteiger partial charge in [-0.3, -0.25) is 10.1 Å². The molecule has 0 bridgehead atoms. The third-order valence-corrected chi connectivity index (χ3v) is 4.85. The number of hydrogen-bond acceptors (Lipinski definition) is 7. The number of hydrogen-bond donors (Lipinski definition) is 1. The van der Waals surface area contributed by atoms with Gasteiger partial charge in [-0.15, -0.1) is 10.2 Å². The number of benzene rings is 2. The largest absolute Gasteiger partial charge is 0.490 e. The Hall–Kier alpha value is -3.39. The summed E-state index contributed by atoms with van der Waals surface area (Å²) in [4.78, 5) is 12.8. The highest BCUT2D eigenvalue weighted by molar-refractivity contribution is 7.16. The van der Waals surface area contributed by atoms with Crippen molar-refractivity contribution >= 4 is 34.5 Å². The van der Waals surface area contributed by atoms with Crippen molar-refractivity contribution in [2.75, 3.05) is 25.1 Å². The molecule has 0 spiro atoms. The van der Waals surface area contributed by atoms with E-state index < -0.39 is 0 Å². The maximum atomic E-state index is 12.8. The van der Waals surface area contributed by atoms with Gasteiger partial charge in [0.2, 0.25) is 10.9 Å². The zero-order chi connectivity index (χ0) is 22.1. The smallest absolute Gasteiger partial charge is 0.257 e. The van der Waals surface area contributed by atoms with Crippen LogP contribution in [-0.2, 0) is 0 Å². The number of amides is 1. The predicted octanol–water partition coefficient (Wildman–Crippen LogP) is 5.16. The van der Waals surface area contributed by atoms with Crippen LogP contribution < -0.4 is 19.5 Å². The summed E-state index contributed by atoms with van der Waals surface area (Å²) < 4.78 is 17.0. The van der Waals surface area contributed by atoms with E-state index in [2.05, 4.69) is 15.5 Å². The van der Waals surface area contributed by atoms with E-state index in [-0.39, 0.29) is 5.91 Å².